The molecular formula is C18H23NO5. The lowest BCUT2D eigenvalue weighted by molar-refractivity contribution is -0.141. The molecule has 0 aliphatic heterocycles. The summed E-state index contributed by atoms with van der Waals surface area (Å²) in [6.07, 6.45) is 2.01. The van der Waals surface area contributed by atoms with Crippen molar-refractivity contribution in [3.05, 3.63) is 48.0 Å². The fourth-order valence-corrected chi connectivity index (χ4v) is 1.78. The summed E-state index contributed by atoms with van der Waals surface area (Å²) in [5.74, 6) is -1.61. The Labute approximate surface area is 141 Å². The number of rotatable bonds is 8. The van der Waals surface area contributed by atoms with E-state index in [2.05, 4.69) is 10.1 Å². The third-order valence-electron chi connectivity index (χ3n) is 3.08. The van der Waals surface area contributed by atoms with E-state index >= 15 is 0 Å². The van der Waals surface area contributed by atoms with Crippen molar-refractivity contribution in [3.63, 3.8) is 0 Å². The third-order valence-corrected chi connectivity index (χ3v) is 3.08. The highest BCUT2D eigenvalue weighted by molar-refractivity contribution is 5.91. The number of nitrogens with one attached hydrogen (secondary N) is 1. The molecule has 1 atom stereocenters. The normalized spacial score (nSPS) is 12.0. The van der Waals surface area contributed by atoms with Crippen molar-refractivity contribution in [2.45, 2.75) is 26.8 Å². The minimum Gasteiger partial charge on any atom is -0.463 e. The van der Waals surface area contributed by atoms with Crippen LogP contribution in [0.3, 0.4) is 0 Å². The summed E-state index contributed by atoms with van der Waals surface area (Å²) in [6, 6.07) is 8.76. The summed E-state index contributed by atoms with van der Waals surface area (Å²) in [6.45, 7) is 5.44. The standard InChI is InChI=1S/C18H23NO5/c1-4-23-16(20)10-11-17(21)24-12-15(19-18(22)13(2)3)14-8-6-5-7-9-14/h5-11,13,15H,4,12H2,1-3H3,(H,19,22)/b11-10+. The molecule has 1 rings (SSSR count). The Bertz CT molecular complexity index is 580. The van der Waals surface area contributed by atoms with Crippen LogP contribution in [0.4, 0.5) is 0 Å². The van der Waals surface area contributed by atoms with Crippen LogP contribution < -0.4 is 5.32 Å². The Morgan fingerprint density at radius 1 is 1.04 bits per heavy atom. The number of amides is 1. The summed E-state index contributed by atoms with van der Waals surface area (Å²) in [5, 5.41) is 2.84. The van der Waals surface area contributed by atoms with Crippen LogP contribution in [0.25, 0.3) is 0 Å². The van der Waals surface area contributed by atoms with Gasteiger partial charge in [-0.05, 0) is 12.5 Å². The second-order valence-corrected chi connectivity index (χ2v) is 5.34. The Morgan fingerprint density at radius 3 is 2.17 bits per heavy atom. The Morgan fingerprint density at radius 2 is 1.62 bits per heavy atom. The lowest BCUT2D eigenvalue weighted by Gasteiger charge is -2.20. The largest absolute Gasteiger partial charge is 0.463 e. The van der Waals surface area contributed by atoms with E-state index in [-0.39, 0.29) is 25.0 Å². The molecule has 0 bridgehead atoms. The average molecular weight is 333 g/mol. The number of ether oxygens (including phenoxy) is 2. The molecular weight excluding hydrogens is 310 g/mol. The van der Waals surface area contributed by atoms with E-state index in [0.29, 0.717) is 0 Å². The summed E-state index contributed by atoms with van der Waals surface area (Å²) in [7, 11) is 0. The first kappa shape index (κ1) is 19.4. The van der Waals surface area contributed by atoms with Crippen molar-refractivity contribution in [3.8, 4) is 0 Å². The maximum atomic E-state index is 11.9. The van der Waals surface area contributed by atoms with Gasteiger partial charge in [0.1, 0.15) is 6.61 Å². The van der Waals surface area contributed by atoms with Crippen molar-refractivity contribution in [1.82, 2.24) is 5.32 Å². The fourth-order valence-electron chi connectivity index (χ4n) is 1.78. The van der Waals surface area contributed by atoms with Crippen molar-refractivity contribution in [2.24, 2.45) is 5.92 Å². The van der Waals surface area contributed by atoms with Gasteiger partial charge in [0.15, 0.2) is 0 Å². The van der Waals surface area contributed by atoms with E-state index in [9.17, 15) is 14.4 Å². The molecule has 24 heavy (non-hydrogen) atoms. The van der Waals surface area contributed by atoms with Gasteiger partial charge in [-0.25, -0.2) is 9.59 Å². The summed E-state index contributed by atoms with van der Waals surface area (Å²) in [4.78, 5) is 34.8. The number of esters is 2. The number of carbonyl (C=O) groups is 3. The molecule has 0 fully saturated rings. The minimum atomic E-state index is -0.678. The van der Waals surface area contributed by atoms with E-state index in [4.69, 9.17) is 4.74 Å². The van der Waals surface area contributed by atoms with Crippen LogP contribution in [0, 0.1) is 5.92 Å². The van der Waals surface area contributed by atoms with Gasteiger partial charge < -0.3 is 14.8 Å². The van der Waals surface area contributed by atoms with Crippen molar-refractivity contribution in [2.75, 3.05) is 13.2 Å². The van der Waals surface area contributed by atoms with Crippen molar-refractivity contribution >= 4 is 17.8 Å². The zero-order chi connectivity index (χ0) is 17.9. The molecule has 1 N–H and O–H groups in total. The molecule has 0 radical (unpaired) electrons. The first-order chi connectivity index (χ1) is 11.4. The highest BCUT2D eigenvalue weighted by atomic mass is 16.5. The fraction of sp³-hybridized carbons (Fsp3) is 0.389. The summed E-state index contributed by atoms with van der Waals surface area (Å²) >= 11 is 0. The van der Waals surface area contributed by atoms with Gasteiger partial charge in [-0.15, -0.1) is 0 Å². The van der Waals surface area contributed by atoms with Crippen molar-refractivity contribution in [1.29, 1.82) is 0 Å². The Balaban J connectivity index is 2.67. The predicted molar refractivity (Wildman–Crippen MR) is 88.9 cm³/mol. The van der Waals surface area contributed by atoms with Crippen LogP contribution in [0.2, 0.25) is 0 Å². The van der Waals surface area contributed by atoms with Crippen LogP contribution in [0.1, 0.15) is 32.4 Å². The van der Waals surface area contributed by atoms with E-state index in [0.717, 1.165) is 17.7 Å². The molecule has 6 nitrogen and oxygen atoms in total. The SMILES string of the molecule is CCOC(=O)/C=C/C(=O)OCC(NC(=O)C(C)C)c1ccccc1. The Kier molecular flexibility index (Phi) is 8.25. The average Bonchev–Trinajstić information content (AvgIpc) is 2.57. The third kappa shape index (κ3) is 7.09. The lowest BCUT2D eigenvalue weighted by Crippen LogP contribution is -2.34. The number of carbonyl (C=O) groups excluding carboxylic acids is 3. The molecule has 1 aromatic carbocycles. The molecule has 0 saturated heterocycles. The highest BCUT2D eigenvalue weighted by Gasteiger charge is 2.18. The molecule has 0 saturated carbocycles. The first-order valence-corrected chi connectivity index (χ1v) is 7.81. The molecule has 0 heterocycles. The van der Waals surface area contributed by atoms with Gasteiger partial charge >= 0.3 is 11.9 Å². The molecule has 0 aromatic heterocycles. The van der Waals surface area contributed by atoms with Crippen LogP contribution in [0.5, 0.6) is 0 Å². The molecule has 1 aromatic rings. The molecule has 1 unspecified atom stereocenters. The predicted octanol–water partition coefficient (Wildman–Crippen LogP) is 2.16. The van der Waals surface area contributed by atoms with Gasteiger partial charge in [0, 0.05) is 18.1 Å². The molecule has 0 aliphatic carbocycles. The van der Waals surface area contributed by atoms with Crippen LogP contribution >= 0.6 is 0 Å². The number of benzene rings is 1. The van der Waals surface area contributed by atoms with E-state index in [1.807, 2.05) is 30.3 Å². The number of hydrogen-bond donors (Lipinski definition) is 1. The monoisotopic (exact) mass is 333 g/mol. The van der Waals surface area contributed by atoms with Gasteiger partial charge in [0.05, 0.1) is 12.6 Å². The second-order valence-electron chi connectivity index (χ2n) is 5.34. The maximum absolute atomic E-state index is 11.9. The molecule has 130 valence electrons. The molecule has 0 aliphatic rings. The van der Waals surface area contributed by atoms with Gasteiger partial charge in [-0.3, -0.25) is 4.79 Å². The van der Waals surface area contributed by atoms with Crippen molar-refractivity contribution < 1.29 is 23.9 Å². The molecule has 6 heteroatoms. The van der Waals surface area contributed by atoms with Crippen LogP contribution in [0.15, 0.2) is 42.5 Å². The minimum absolute atomic E-state index is 0.0333. The zero-order valence-corrected chi connectivity index (χ0v) is 14.2. The quantitative estimate of drug-likeness (QED) is 0.582. The van der Waals surface area contributed by atoms with Gasteiger partial charge in [0.2, 0.25) is 5.91 Å². The topological polar surface area (TPSA) is 81.7 Å². The second kappa shape index (κ2) is 10.2. The zero-order valence-electron chi connectivity index (χ0n) is 14.2. The summed E-state index contributed by atoms with van der Waals surface area (Å²) < 4.78 is 9.80. The van der Waals surface area contributed by atoms with Gasteiger partial charge in [-0.1, -0.05) is 44.2 Å². The lowest BCUT2D eigenvalue weighted by atomic mass is 10.1. The highest BCUT2D eigenvalue weighted by Crippen LogP contribution is 2.14. The van der Waals surface area contributed by atoms with Crippen LogP contribution in [-0.2, 0) is 23.9 Å². The summed E-state index contributed by atoms with van der Waals surface area (Å²) in [5.41, 5.74) is 0.827. The van der Waals surface area contributed by atoms with Gasteiger partial charge in [-0.2, -0.15) is 0 Å². The van der Waals surface area contributed by atoms with Crippen LogP contribution in [-0.4, -0.2) is 31.1 Å². The first-order valence-electron chi connectivity index (χ1n) is 7.81. The maximum Gasteiger partial charge on any atom is 0.331 e. The van der Waals surface area contributed by atoms with E-state index in [1.165, 1.54) is 0 Å². The number of hydrogen-bond acceptors (Lipinski definition) is 5. The van der Waals surface area contributed by atoms with E-state index in [1.54, 1.807) is 20.8 Å². The molecule has 1 amide bonds. The Hall–Kier alpha value is -2.63. The molecule has 0 spiro atoms. The van der Waals surface area contributed by atoms with Gasteiger partial charge in [0.25, 0.3) is 0 Å². The smallest absolute Gasteiger partial charge is 0.331 e. The van der Waals surface area contributed by atoms with E-state index < -0.39 is 18.0 Å².